The van der Waals surface area contributed by atoms with Gasteiger partial charge in [0, 0.05) is 29.9 Å². The fourth-order valence-electron chi connectivity index (χ4n) is 2.99. The van der Waals surface area contributed by atoms with Crippen LogP contribution in [0.15, 0.2) is 17.5 Å². The van der Waals surface area contributed by atoms with E-state index < -0.39 is 0 Å². The summed E-state index contributed by atoms with van der Waals surface area (Å²) in [5.74, 6) is 0.880. The molecule has 1 unspecified atom stereocenters. The molecule has 1 atom stereocenters. The molecule has 112 valence electrons. The van der Waals surface area contributed by atoms with E-state index in [1.807, 2.05) is 25.2 Å². The summed E-state index contributed by atoms with van der Waals surface area (Å²) in [7, 11) is 0. The van der Waals surface area contributed by atoms with Gasteiger partial charge in [0.05, 0.1) is 0 Å². The first-order valence-corrected chi connectivity index (χ1v) is 8.61. The molecule has 0 spiro atoms. The molecular formula is C16H26N2OS. The Balaban J connectivity index is 1.84. The first-order valence-electron chi connectivity index (χ1n) is 7.73. The Bertz CT molecular complexity index is 397. The van der Waals surface area contributed by atoms with Gasteiger partial charge in [-0.3, -0.25) is 4.79 Å². The molecule has 1 aliphatic carbocycles. The van der Waals surface area contributed by atoms with Gasteiger partial charge in [0.25, 0.3) is 0 Å². The van der Waals surface area contributed by atoms with Crippen molar-refractivity contribution in [1.82, 2.24) is 10.6 Å². The van der Waals surface area contributed by atoms with Crippen LogP contribution in [0, 0.1) is 5.92 Å². The van der Waals surface area contributed by atoms with Gasteiger partial charge >= 0.3 is 0 Å². The van der Waals surface area contributed by atoms with Gasteiger partial charge in [-0.15, -0.1) is 11.3 Å². The molecule has 0 aliphatic heterocycles. The Morgan fingerprint density at radius 3 is 2.75 bits per heavy atom. The highest BCUT2D eigenvalue weighted by Crippen LogP contribution is 2.37. The molecule has 4 heteroatoms. The summed E-state index contributed by atoms with van der Waals surface area (Å²) < 4.78 is 0. The molecule has 1 fully saturated rings. The quantitative estimate of drug-likeness (QED) is 0.808. The number of carbonyl (C=O) groups is 1. The number of rotatable bonds is 7. The van der Waals surface area contributed by atoms with Crippen molar-refractivity contribution in [2.45, 2.75) is 58.0 Å². The highest BCUT2D eigenvalue weighted by atomic mass is 32.1. The monoisotopic (exact) mass is 294 g/mol. The molecule has 0 radical (unpaired) electrons. The van der Waals surface area contributed by atoms with Crippen LogP contribution in [0.3, 0.4) is 0 Å². The van der Waals surface area contributed by atoms with E-state index in [0.717, 1.165) is 12.5 Å². The first kappa shape index (κ1) is 15.5. The molecule has 2 rings (SSSR count). The SMILES string of the molecule is CC(C)NC(=O)CCNC(c1cccs1)C1CCCC1. The van der Waals surface area contributed by atoms with Crippen LogP contribution in [0.1, 0.15) is 56.9 Å². The summed E-state index contributed by atoms with van der Waals surface area (Å²) in [5, 5.41) is 8.71. The summed E-state index contributed by atoms with van der Waals surface area (Å²) in [6.45, 7) is 4.76. The lowest BCUT2D eigenvalue weighted by molar-refractivity contribution is -0.121. The van der Waals surface area contributed by atoms with Gasteiger partial charge < -0.3 is 10.6 Å². The van der Waals surface area contributed by atoms with Gasteiger partial charge in [0.2, 0.25) is 5.91 Å². The number of nitrogens with one attached hydrogen (secondary N) is 2. The third-order valence-corrected chi connectivity index (χ3v) is 4.84. The predicted molar refractivity (Wildman–Crippen MR) is 84.9 cm³/mol. The van der Waals surface area contributed by atoms with E-state index in [1.54, 1.807) is 0 Å². The van der Waals surface area contributed by atoms with Gasteiger partial charge in [0.1, 0.15) is 0 Å². The zero-order chi connectivity index (χ0) is 14.4. The molecule has 20 heavy (non-hydrogen) atoms. The minimum absolute atomic E-state index is 0.142. The third-order valence-electron chi connectivity index (χ3n) is 3.89. The first-order chi connectivity index (χ1) is 9.66. The fourth-order valence-corrected chi connectivity index (χ4v) is 3.89. The van der Waals surface area contributed by atoms with Crippen LogP contribution in [-0.2, 0) is 4.79 Å². The number of amides is 1. The maximum absolute atomic E-state index is 11.7. The van der Waals surface area contributed by atoms with Crippen molar-refractivity contribution in [1.29, 1.82) is 0 Å². The summed E-state index contributed by atoms with van der Waals surface area (Å²) >= 11 is 1.82. The van der Waals surface area contributed by atoms with Crippen molar-refractivity contribution in [3.8, 4) is 0 Å². The van der Waals surface area contributed by atoms with Crippen molar-refractivity contribution in [3.63, 3.8) is 0 Å². The highest BCUT2D eigenvalue weighted by Gasteiger charge is 2.26. The number of thiophene rings is 1. The van der Waals surface area contributed by atoms with Gasteiger partial charge in [0.15, 0.2) is 0 Å². The number of hydrogen-bond donors (Lipinski definition) is 2. The van der Waals surface area contributed by atoms with E-state index in [1.165, 1.54) is 30.6 Å². The zero-order valence-corrected chi connectivity index (χ0v) is 13.3. The molecule has 1 amide bonds. The Morgan fingerprint density at radius 1 is 1.40 bits per heavy atom. The Hall–Kier alpha value is -0.870. The minimum Gasteiger partial charge on any atom is -0.354 e. The van der Waals surface area contributed by atoms with E-state index in [0.29, 0.717) is 12.5 Å². The van der Waals surface area contributed by atoms with Gasteiger partial charge in [-0.05, 0) is 44.1 Å². The lowest BCUT2D eigenvalue weighted by Gasteiger charge is -2.24. The van der Waals surface area contributed by atoms with Crippen molar-refractivity contribution in [2.75, 3.05) is 6.54 Å². The van der Waals surface area contributed by atoms with E-state index >= 15 is 0 Å². The summed E-state index contributed by atoms with van der Waals surface area (Å²) in [6.07, 6.45) is 5.89. The second-order valence-corrected chi connectivity index (χ2v) is 6.94. The molecule has 1 heterocycles. The summed E-state index contributed by atoms with van der Waals surface area (Å²) in [6, 6.07) is 5.00. The average molecular weight is 294 g/mol. The fraction of sp³-hybridized carbons (Fsp3) is 0.688. The molecule has 1 aromatic rings. The second kappa shape index (κ2) is 7.79. The Morgan fingerprint density at radius 2 is 2.15 bits per heavy atom. The van der Waals surface area contributed by atoms with Crippen molar-refractivity contribution >= 4 is 17.2 Å². The van der Waals surface area contributed by atoms with E-state index in [4.69, 9.17) is 0 Å². The van der Waals surface area contributed by atoms with E-state index in [9.17, 15) is 4.79 Å². The molecule has 2 N–H and O–H groups in total. The normalized spacial score (nSPS) is 17.6. The molecule has 1 saturated carbocycles. The average Bonchev–Trinajstić information content (AvgIpc) is 3.07. The van der Waals surface area contributed by atoms with Gasteiger partial charge in [-0.1, -0.05) is 18.9 Å². The van der Waals surface area contributed by atoms with E-state index in [2.05, 4.69) is 28.1 Å². The summed E-state index contributed by atoms with van der Waals surface area (Å²) in [4.78, 5) is 13.1. The highest BCUT2D eigenvalue weighted by molar-refractivity contribution is 7.10. The Kier molecular flexibility index (Phi) is 6.05. The number of carbonyl (C=O) groups excluding carboxylic acids is 1. The molecule has 0 bridgehead atoms. The molecule has 3 nitrogen and oxygen atoms in total. The van der Waals surface area contributed by atoms with Gasteiger partial charge in [-0.25, -0.2) is 0 Å². The molecule has 0 aromatic carbocycles. The lowest BCUT2D eigenvalue weighted by atomic mass is 9.96. The molecule has 0 saturated heterocycles. The van der Waals surface area contributed by atoms with Crippen LogP contribution in [0.4, 0.5) is 0 Å². The standard InChI is InChI=1S/C16H26N2OS/c1-12(2)18-15(19)9-10-17-16(13-6-3-4-7-13)14-8-5-11-20-14/h5,8,11-13,16-17H,3-4,6-7,9-10H2,1-2H3,(H,18,19). The third kappa shape index (κ3) is 4.60. The van der Waals surface area contributed by atoms with E-state index in [-0.39, 0.29) is 11.9 Å². The van der Waals surface area contributed by atoms with Crippen LogP contribution in [0.5, 0.6) is 0 Å². The van der Waals surface area contributed by atoms with Crippen LogP contribution in [0.2, 0.25) is 0 Å². The molecule has 1 aliphatic rings. The largest absolute Gasteiger partial charge is 0.354 e. The summed E-state index contributed by atoms with van der Waals surface area (Å²) in [5.41, 5.74) is 0. The molecular weight excluding hydrogens is 268 g/mol. The second-order valence-electron chi connectivity index (χ2n) is 5.96. The van der Waals surface area contributed by atoms with Crippen molar-refractivity contribution in [2.24, 2.45) is 5.92 Å². The zero-order valence-electron chi connectivity index (χ0n) is 12.5. The van der Waals surface area contributed by atoms with Crippen LogP contribution < -0.4 is 10.6 Å². The van der Waals surface area contributed by atoms with Crippen LogP contribution in [0.25, 0.3) is 0 Å². The smallest absolute Gasteiger partial charge is 0.221 e. The van der Waals surface area contributed by atoms with Crippen molar-refractivity contribution < 1.29 is 4.79 Å². The van der Waals surface area contributed by atoms with Gasteiger partial charge in [-0.2, -0.15) is 0 Å². The number of hydrogen-bond acceptors (Lipinski definition) is 3. The Labute approximate surface area is 126 Å². The topological polar surface area (TPSA) is 41.1 Å². The maximum Gasteiger partial charge on any atom is 0.221 e. The van der Waals surface area contributed by atoms with Crippen molar-refractivity contribution in [3.05, 3.63) is 22.4 Å². The van der Waals surface area contributed by atoms with Crippen LogP contribution >= 0.6 is 11.3 Å². The molecule has 1 aromatic heterocycles. The van der Waals surface area contributed by atoms with Crippen LogP contribution in [-0.4, -0.2) is 18.5 Å². The minimum atomic E-state index is 0.142. The maximum atomic E-state index is 11.7. The predicted octanol–water partition coefficient (Wildman–Crippen LogP) is 3.48. The lowest BCUT2D eigenvalue weighted by Crippen LogP contribution is -2.34.